The second-order valence-electron chi connectivity index (χ2n) is 7.05. The molecule has 156 valence electrons. The zero-order valence-corrected chi connectivity index (χ0v) is 18.5. The van der Waals surface area contributed by atoms with Gasteiger partial charge in [-0.15, -0.1) is 0 Å². The van der Waals surface area contributed by atoms with Crippen LogP contribution in [0.5, 0.6) is 5.75 Å². The van der Waals surface area contributed by atoms with Crippen LogP contribution in [0.25, 0.3) is 0 Å². The third kappa shape index (κ3) is 5.38. The van der Waals surface area contributed by atoms with E-state index in [0.717, 1.165) is 27.0 Å². The van der Waals surface area contributed by atoms with Gasteiger partial charge in [0.1, 0.15) is 12.4 Å². The molecule has 0 atom stereocenters. The number of hydrogen-bond acceptors (Lipinski definition) is 4. The quantitative estimate of drug-likeness (QED) is 0.396. The number of amides is 1. The summed E-state index contributed by atoms with van der Waals surface area (Å²) in [7, 11) is 0. The molecular weight excluding hydrogens is 456 g/mol. The van der Waals surface area contributed by atoms with Crippen LogP contribution in [0.3, 0.4) is 0 Å². The SMILES string of the molecule is Cc1cc(C(=O)Nc2cccnc2)nn1Cc1cc(Br)ccc1OCc1ccccc1. The number of anilines is 1. The minimum absolute atomic E-state index is 0.273. The fourth-order valence-corrected chi connectivity index (χ4v) is 3.53. The predicted octanol–water partition coefficient (Wildman–Crippen LogP) is 5.23. The van der Waals surface area contributed by atoms with Crippen LogP contribution < -0.4 is 10.1 Å². The van der Waals surface area contributed by atoms with Crippen molar-refractivity contribution in [1.82, 2.24) is 14.8 Å². The molecule has 2 aromatic carbocycles. The molecule has 0 bridgehead atoms. The molecule has 6 nitrogen and oxygen atoms in total. The fraction of sp³-hybridized carbons (Fsp3) is 0.125. The maximum Gasteiger partial charge on any atom is 0.276 e. The van der Waals surface area contributed by atoms with Crippen molar-refractivity contribution in [1.29, 1.82) is 0 Å². The van der Waals surface area contributed by atoms with Gasteiger partial charge in [-0.3, -0.25) is 14.5 Å². The Bertz CT molecular complexity index is 1180. The number of ether oxygens (including phenoxy) is 1. The lowest BCUT2D eigenvalue weighted by Gasteiger charge is -2.13. The normalized spacial score (nSPS) is 10.6. The van der Waals surface area contributed by atoms with E-state index < -0.39 is 0 Å². The zero-order chi connectivity index (χ0) is 21.6. The highest BCUT2D eigenvalue weighted by atomic mass is 79.9. The van der Waals surface area contributed by atoms with Crippen LogP contribution >= 0.6 is 15.9 Å². The first-order valence-corrected chi connectivity index (χ1v) is 10.6. The maximum absolute atomic E-state index is 12.6. The minimum Gasteiger partial charge on any atom is -0.489 e. The molecule has 31 heavy (non-hydrogen) atoms. The second kappa shape index (κ2) is 9.57. The Morgan fingerprint density at radius 2 is 1.94 bits per heavy atom. The van der Waals surface area contributed by atoms with Crippen LogP contribution in [0.1, 0.15) is 27.3 Å². The van der Waals surface area contributed by atoms with Crippen molar-refractivity contribution in [2.24, 2.45) is 0 Å². The number of carbonyl (C=O) groups is 1. The van der Waals surface area contributed by atoms with Crippen molar-refractivity contribution < 1.29 is 9.53 Å². The second-order valence-corrected chi connectivity index (χ2v) is 7.97. The van der Waals surface area contributed by atoms with Crippen molar-refractivity contribution in [2.45, 2.75) is 20.1 Å². The molecule has 2 aromatic heterocycles. The number of pyridine rings is 1. The molecule has 4 aromatic rings. The minimum atomic E-state index is -0.273. The summed E-state index contributed by atoms with van der Waals surface area (Å²) in [6, 6.07) is 21.3. The zero-order valence-electron chi connectivity index (χ0n) is 17.0. The van der Waals surface area contributed by atoms with Gasteiger partial charge in [-0.05, 0) is 48.9 Å². The van der Waals surface area contributed by atoms with Gasteiger partial charge in [-0.25, -0.2) is 0 Å². The van der Waals surface area contributed by atoms with Crippen LogP contribution in [0.2, 0.25) is 0 Å². The summed E-state index contributed by atoms with van der Waals surface area (Å²) in [6.45, 7) is 2.89. The summed E-state index contributed by atoms with van der Waals surface area (Å²) in [5, 5.41) is 7.32. The summed E-state index contributed by atoms with van der Waals surface area (Å²) >= 11 is 3.53. The van der Waals surface area contributed by atoms with Crippen molar-refractivity contribution in [2.75, 3.05) is 5.32 Å². The average Bonchev–Trinajstić information content (AvgIpc) is 3.15. The van der Waals surface area contributed by atoms with E-state index in [-0.39, 0.29) is 5.91 Å². The molecule has 0 aliphatic rings. The van der Waals surface area contributed by atoms with Crippen molar-refractivity contribution >= 4 is 27.5 Å². The van der Waals surface area contributed by atoms with Gasteiger partial charge in [0.15, 0.2) is 5.69 Å². The Labute approximate surface area is 189 Å². The first-order chi connectivity index (χ1) is 15.1. The molecule has 0 aliphatic carbocycles. The number of benzene rings is 2. The lowest BCUT2D eigenvalue weighted by molar-refractivity contribution is 0.102. The predicted molar refractivity (Wildman–Crippen MR) is 123 cm³/mol. The van der Waals surface area contributed by atoms with E-state index in [1.807, 2.05) is 55.5 Å². The van der Waals surface area contributed by atoms with Gasteiger partial charge in [-0.1, -0.05) is 46.3 Å². The molecule has 0 radical (unpaired) electrons. The van der Waals surface area contributed by atoms with E-state index in [9.17, 15) is 4.79 Å². The molecule has 7 heteroatoms. The summed E-state index contributed by atoms with van der Waals surface area (Å²) in [5.41, 5.74) is 3.92. The third-order valence-corrected chi connectivity index (χ3v) is 5.21. The van der Waals surface area contributed by atoms with Gasteiger partial charge in [0, 0.05) is 21.9 Å². The highest BCUT2D eigenvalue weighted by Gasteiger charge is 2.15. The maximum atomic E-state index is 12.6. The first kappa shape index (κ1) is 20.8. The number of nitrogens with one attached hydrogen (secondary N) is 1. The number of hydrogen-bond donors (Lipinski definition) is 1. The molecule has 0 aliphatic heterocycles. The van der Waals surface area contributed by atoms with E-state index in [4.69, 9.17) is 4.74 Å². The van der Waals surface area contributed by atoms with Gasteiger partial charge >= 0.3 is 0 Å². The summed E-state index contributed by atoms with van der Waals surface area (Å²) in [6.07, 6.45) is 3.25. The van der Waals surface area contributed by atoms with Crippen molar-refractivity contribution in [3.05, 3.63) is 106 Å². The first-order valence-electron chi connectivity index (χ1n) is 9.79. The Morgan fingerprint density at radius 1 is 1.10 bits per heavy atom. The van der Waals surface area contributed by atoms with Gasteiger partial charge in [-0.2, -0.15) is 5.10 Å². The Morgan fingerprint density at radius 3 is 2.71 bits per heavy atom. The lowest BCUT2D eigenvalue weighted by Crippen LogP contribution is -2.14. The number of aromatic nitrogens is 3. The van der Waals surface area contributed by atoms with Crippen molar-refractivity contribution in [3.8, 4) is 5.75 Å². The molecule has 1 N–H and O–H groups in total. The lowest BCUT2D eigenvalue weighted by atomic mass is 10.2. The molecule has 2 heterocycles. The summed E-state index contributed by atoms with van der Waals surface area (Å²) in [5.74, 6) is 0.507. The van der Waals surface area contributed by atoms with E-state index >= 15 is 0 Å². The van der Waals surface area contributed by atoms with E-state index in [2.05, 4.69) is 31.3 Å². The van der Waals surface area contributed by atoms with Gasteiger partial charge in [0.2, 0.25) is 0 Å². The van der Waals surface area contributed by atoms with E-state index in [1.54, 1.807) is 35.3 Å². The highest BCUT2D eigenvalue weighted by molar-refractivity contribution is 9.10. The summed E-state index contributed by atoms with van der Waals surface area (Å²) < 4.78 is 8.83. The molecule has 0 saturated carbocycles. The number of carbonyl (C=O) groups excluding carboxylic acids is 1. The number of nitrogens with zero attached hydrogens (tertiary/aromatic N) is 3. The average molecular weight is 477 g/mol. The third-order valence-electron chi connectivity index (χ3n) is 4.71. The van der Waals surface area contributed by atoms with E-state index in [1.165, 1.54) is 0 Å². The molecule has 0 spiro atoms. The van der Waals surface area contributed by atoms with Crippen LogP contribution in [-0.2, 0) is 13.2 Å². The van der Waals surface area contributed by atoms with Gasteiger partial charge in [0.05, 0.1) is 18.4 Å². The van der Waals surface area contributed by atoms with Gasteiger partial charge < -0.3 is 10.1 Å². The van der Waals surface area contributed by atoms with Crippen LogP contribution in [0.15, 0.2) is 83.6 Å². The standard InChI is InChI=1S/C24H21BrN4O2/c1-17-12-22(24(30)27-21-8-5-11-26-14-21)28-29(17)15-19-13-20(25)9-10-23(19)31-16-18-6-3-2-4-7-18/h2-14H,15-16H2,1H3,(H,27,30). The Kier molecular flexibility index (Phi) is 6.43. The van der Waals surface area contributed by atoms with Crippen LogP contribution in [0, 0.1) is 6.92 Å². The Balaban J connectivity index is 1.51. The number of halogens is 1. The molecule has 0 fully saturated rings. The molecule has 1 amide bonds. The summed E-state index contributed by atoms with van der Waals surface area (Å²) in [4.78, 5) is 16.6. The molecule has 0 unspecified atom stereocenters. The monoisotopic (exact) mass is 476 g/mol. The smallest absolute Gasteiger partial charge is 0.276 e. The topological polar surface area (TPSA) is 69.0 Å². The highest BCUT2D eigenvalue weighted by Crippen LogP contribution is 2.25. The molecular formula is C24H21BrN4O2. The fourth-order valence-electron chi connectivity index (χ4n) is 3.12. The molecule has 0 saturated heterocycles. The molecule has 4 rings (SSSR count). The largest absolute Gasteiger partial charge is 0.489 e. The van der Waals surface area contributed by atoms with E-state index in [0.29, 0.717) is 24.5 Å². The van der Waals surface area contributed by atoms with Crippen molar-refractivity contribution in [3.63, 3.8) is 0 Å². The van der Waals surface area contributed by atoms with Crippen LogP contribution in [0.4, 0.5) is 5.69 Å². The van der Waals surface area contributed by atoms with Gasteiger partial charge in [0.25, 0.3) is 5.91 Å². The number of aryl methyl sites for hydroxylation is 1. The number of rotatable bonds is 7. The van der Waals surface area contributed by atoms with Crippen LogP contribution in [-0.4, -0.2) is 20.7 Å². The Hall–Kier alpha value is -3.45.